The quantitative estimate of drug-likeness (QED) is 0.623. The highest BCUT2D eigenvalue weighted by molar-refractivity contribution is 9.10. The molecule has 6 nitrogen and oxygen atoms in total. The van der Waals surface area contributed by atoms with Crippen molar-refractivity contribution in [3.8, 4) is 5.75 Å². The third kappa shape index (κ3) is 4.25. The minimum atomic E-state index is -1.49. The van der Waals surface area contributed by atoms with Gasteiger partial charge < -0.3 is 14.8 Å². The van der Waals surface area contributed by atoms with Crippen LogP contribution in [0, 0.1) is 5.41 Å². The molecule has 8 heteroatoms. The molecular formula is C18H21BBrN3O3. The number of hydrogen-bond donors (Lipinski definition) is 2. The molecular weight excluding hydrogens is 397 g/mol. The number of ether oxygens (including phenoxy) is 1. The molecule has 0 saturated heterocycles. The van der Waals surface area contributed by atoms with Crippen LogP contribution in [0.5, 0.6) is 5.75 Å². The molecule has 0 atom stereocenters. The fourth-order valence-electron chi connectivity index (χ4n) is 2.67. The van der Waals surface area contributed by atoms with Crippen LogP contribution in [0.3, 0.4) is 0 Å². The molecule has 1 heterocycles. The molecule has 2 N–H and O–H groups in total. The molecule has 2 aromatic carbocycles. The molecule has 0 aliphatic carbocycles. The Morgan fingerprint density at radius 1 is 1.19 bits per heavy atom. The van der Waals surface area contributed by atoms with Crippen molar-refractivity contribution in [3.05, 3.63) is 46.4 Å². The van der Waals surface area contributed by atoms with Gasteiger partial charge in [0.25, 0.3) is 0 Å². The predicted octanol–water partition coefficient (Wildman–Crippen LogP) is 2.50. The van der Waals surface area contributed by atoms with Gasteiger partial charge in [0.1, 0.15) is 17.9 Å². The molecule has 0 aliphatic heterocycles. The van der Waals surface area contributed by atoms with Gasteiger partial charge in [-0.25, -0.2) is 4.68 Å². The maximum Gasteiger partial charge on any atom is 0.488 e. The van der Waals surface area contributed by atoms with Gasteiger partial charge in [0.15, 0.2) is 0 Å². The summed E-state index contributed by atoms with van der Waals surface area (Å²) in [5.74, 6) is 0.662. The normalized spacial score (nSPS) is 11.8. The summed E-state index contributed by atoms with van der Waals surface area (Å²) in [6, 6.07) is 10.8. The van der Waals surface area contributed by atoms with Gasteiger partial charge in [0.2, 0.25) is 0 Å². The van der Waals surface area contributed by atoms with Crippen molar-refractivity contribution in [2.75, 3.05) is 0 Å². The number of nitrogens with zero attached hydrogens (tertiary/aromatic N) is 3. The first-order valence-corrected chi connectivity index (χ1v) is 9.13. The molecule has 3 rings (SSSR count). The SMILES string of the molecule is CC(C)(C)Cn1nnc2c(Br)c(OCc3cccc(B(O)O)c3)ccc21. The second kappa shape index (κ2) is 7.38. The number of rotatable bonds is 5. The zero-order chi connectivity index (χ0) is 18.9. The lowest BCUT2D eigenvalue weighted by Crippen LogP contribution is -2.29. The van der Waals surface area contributed by atoms with Crippen LogP contribution in [0.15, 0.2) is 40.9 Å². The van der Waals surface area contributed by atoms with Gasteiger partial charge >= 0.3 is 7.12 Å². The number of hydrogen-bond acceptors (Lipinski definition) is 5. The van der Waals surface area contributed by atoms with E-state index in [1.54, 1.807) is 18.2 Å². The number of halogens is 1. The molecule has 1 aromatic heterocycles. The standard InChI is InChI=1S/C18H21BBrN3O3/c1-18(2,3)11-23-14-7-8-15(16(20)17(14)21-22-23)26-10-12-5-4-6-13(9-12)19(24)25/h4-9,24-25H,10-11H2,1-3H3. The summed E-state index contributed by atoms with van der Waals surface area (Å²) in [5, 5.41) is 27.1. The van der Waals surface area contributed by atoms with Gasteiger partial charge in [-0.1, -0.05) is 50.3 Å². The lowest BCUT2D eigenvalue weighted by atomic mass is 9.80. The summed E-state index contributed by atoms with van der Waals surface area (Å²) in [6.07, 6.45) is 0. The van der Waals surface area contributed by atoms with Crippen molar-refractivity contribution in [2.45, 2.75) is 33.9 Å². The molecule has 0 fully saturated rings. The van der Waals surface area contributed by atoms with Crippen molar-refractivity contribution in [1.29, 1.82) is 0 Å². The average Bonchev–Trinajstić information content (AvgIpc) is 2.96. The van der Waals surface area contributed by atoms with E-state index in [2.05, 4.69) is 47.0 Å². The van der Waals surface area contributed by atoms with Crippen LogP contribution in [0.4, 0.5) is 0 Å². The highest BCUT2D eigenvalue weighted by atomic mass is 79.9. The molecule has 136 valence electrons. The smallest absolute Gasteiger partial charge is 0.488 e. The van der Waals surface area contributed by atoms with E-state index in [0.717, 1.165) is 27.6 Å². The third-order valence-electron chi connectivity index (χ3n) is 3.86. The largest absolute Gasteiger partial charge is 0.488 e. The molecule has 0 spiro atoms. The van der Waals surface area contributed by atoms with E-state index in [1.165, 1.54) is 0 Å². The van der Waals surface area contributed by atoms with Gasteiger partial charge in [-0.05, 0) is 44.5 Å². The molecule has 0 aliphatic rings. The van der Waals surface area contributed by atoms with Gasteiger partial charge in [0, 0.05) is 6.54 Å². The molecule has 0 unspecified atom stereocenters. The molecule has 3 aromatic rings. The van der Waals surface area contributed by atoms with E-state index in [0.29, 0.717) is 17.8 Å². The Kier molecular flexibility index (Phi) is 5.36. The Morgan fingerprint density at radius 2 is 1.96 bits per heavy atom. The van der Waals surface area contributed by atoms with Crippen LogP contribution >= 0.6 is 15.9 Å². The monoisotopic (exact) mass is 417 g/mol. The van der Waals surface area contributed by atoms with Crippen LogP contribution < -0.4 is 10.2 Å². The third-order valence-corrected chi connectivity index (χ3v) is 4.62. The summed E-state index contributed by atoms with van der Waals surface area (Å²) in [6.45, 7) is 7.55. The highest BCUT2D eigenvalue weighted by Gasteiger charge is 2.17. The molecule has 0 bridgehead atoms. The molecule has 0 amide bonds. The topological polar surface area (TPSA) is 80.4 Å². The van der Waals surface area contributed by atoms with Crippen molar-refractivity contribution in [2.24, 2.45) is 5.41 Å². The van der Waals surface area contributed by atoms with Crippen LogP contribution in [0.2, 0.25) is 0 Å². The maximum absolute atomic E-state index is 9.27. The Hall–Kier alpha value is -1.90. The summed E-state index contributed by atoms with van der Waals surface area (Å²) >= 11 is 3.57. The summed E-state index contributed by atoms with van der Waals surface area (Å²) in [4.78, 5) is 0. The summed E-state index contributed by atoms with van der Waals surface area (Å²) < 4.78 is 8.55. The van der Waals surface area contributed by atoms with Crippen LogP contribution in [0.1, 0.15) is 26.3 Å². The van der Waals surface area contributed by atoms with Gasteiger partial charge in [0.05, 0.1) is 9.99 Å². The number of benzene rings is 2. The molecule has 0 radical (unpaired) electrons. The first-order valence-electron chi connectivity index (χ1n) is 8.34. The number of aromatic nitrogens is 3. The first kappa shape index (κ1) is 18.9. The maximum atomic E-state index is 9.27. The molecule has 0 saturated carbocycles. The Bertz CT molecular complexity index is 922. The Balaban J connectivity index is 1.81. The second-order valence-corrected chi connectivity index (χ2v) is 8.25. The Morgan fingerprint density at radius 3 is 2.65 bits per heavy atom. The minimum absolute atomic E-state index is 0.102. The lowest BCUT2D eigenvalue weighted by molar-refractivity contribution is 0.304. The van der Waals surface area contributed by atoms with Crippen molar-refractivity contribution in [1.82, 2.24) is 15.0 Å². The summed E-state index contributed by atoms with van der Waals surface area (Å²) in [5.41, 5.74) is 3.09. The van der Waals surface area contributed by atoms with E-state index in [-0.39, 0.29) is 5.41 Å². The van der Waals surface area contributed by atoms with Crippen LogP contribution in [0.25, 0.3) is 11.0 Å². The zero-order valence-electron chi connectivity index (χ0n) is 15.0. The zero-order valence-corrected chi connectivity index (χ0v) is 16.6. The van der Waals surface area contributed by atoms with Crippen molar-refractivity contribution in [3.63, 3.8) is 0 Å². The minimum Gasteiger partial charge on any atom is -0.488 e. The van der Waals surface area contributed by atoms with Gasteiger partial charge in [-0.2, -0.15) is 0 Å². The fourth-order valence-corrected chi connectivity index (χ4v) is 3.20. The van der Waals surface area contributed by atoms with E-state index in [9.17, 15) is 10.0 Å². The van der Waals surface area contributed by atoms with Crippen LogP contribution in [-0.4, -0.2) is 32.2 Å². The first-order chi connectivity index (χ1) is 12.2. The lowest BCUT2D eigenvalue weighted by Gasteiger charge is -2.18. The van der Waals surface area contributed by atoms with E-state index < -0.39 is 7.12 Å². The number of fused-ring (bicyclic) bond motifs is 1. The van der Waals surface area contributed by atoms with E-state index in [4.69, 9.17) is 4.74 Å². The van der Waals surface area contributed by atoms with Crippen molar-refractivity contribution >= 4 is 39.5 Å². The van der Waals surface area contributed by atoms with E-state index in [1.807, 2.05) is 22.9 Å². The fraction of sp³-hybridized carbons (Fsp3) is 0.333. The van der Waals surface area contributed by atoms with Crippen molar-refractivity contribution < 1.29 is 14.8 Å². The molecule has 26 heavy (non-hydrogen) atoms. The highest BCUT2D eigenvalue weighted by Crippen LogP contribution is 2.33. The second-order valence-electron chi connectivity index (χ2n) is 7.46. The Labute approximate surface area is 161 Å². The predicted molar refractivity (Wildman–Crippen MR) is 105 cm³/mol. The van der Waals surface area contributed by atoms with E-state index >= 15 is 0 Å². The van der Waals surface area contributed by atoms with Crippen LogP contribution in [-0.2, 0) is 13.2 Å². The summed E-state index contributed by atoms with van der Waals surface area (Å²) in [7, 11) is -1.49. The average molecular weight is 418 g/mol. The van der Waals surface area contributed by atoms with Gasteiger partial charge in [-0.15, -0.1) is 5.10 Å². The van der Waals surface area contributed by atoms with Gasteiger partial charge in [-0.3, -0.25) is 0 Å².